The summed E-state index contributed by atoms with van der Waals surface area (Å²) in [6.07, 6.45) is 3.21. The zero-order valence-corrected chi connectivity index (χ0v) is 18.2. The lowest BCUT2D eigenvalue weighted by Gasteiger charge is -2.26. The normalized spacial score (nSPS) is 15.2. The van der Waals surface area contributed by atoms with E-state index in [2.05, 4.69) is 21.2 Å². The maximum absolute atomic E-state index is 13.2. The molecule has 0 radical (unpaired) electrons. The van der Waals surface area contributed by atoms with Crippen molar-refractivity contribution in [2.45, 2.75) is 6.54 Å². The van der Waals surface area contributed by atoms with Crippen LogP contribution in [0.15, 0.2) is 76.9 Å². The standard InChI is InChI=1S/C23H17BrFN3O4/c24-15-3-9-19(10-4-15)32-13-12-27-11-1-2-18(27)14-20-21(29)26-23(31)28(22(20)30)17-7-5-16(25)6-8-17/h1-11,14H,12-13H2,(H,26,29,31)/b20-14-. The van der Waals surface area contributed by atoms with Crippen LogP contribution in [0.25, 0.3) is 6.08 Å². The molecule has 32 heavy (non-hydrogen) atoms. The third kappa shape index (κ3) is 4.62. The highest BCUT2D eigenvalue weighted by atomic mass is 79.9. The van der Waals surface area contributed by atoms with E-state index in [0.717, 1.165) is 27.3 Å². The molecule has 2 aromatic carbocycles. The van der Waals surface area contributed by atoms with Gasteiger partial charge in [0.1, 0.15) is 23.7 Å². The number of hydrogen-bond acceptors (Lipinski definition) is 4. The first-order valence-corrected chi connectivity index (χ1v) is 10.4. The van der Waals surface area contributed by atoms with E-state index in [4.69, 9.17) is 4.74 Å². The van der Waals surface area contributed by atoms with E-state index in [1.165, 1.54) is 18.2 Å². The number of imide groups is 2. The largest absolute Gasteiger partial charge is 0.492 e. The molecule has 0 bridgehead atoms. The number of anilines is 1. The Labute approximate surface area is 191 Å². The summed E-state index contributed by atoms with van der Waals surface area (Å²) in [5.41, 5.74) is 0.546. The summed E-state index contributed by atoms with van der Waals surface area (Å²) < 4.78 is 21.7. The predicted octanol–water partition coefficient (Wildman–Crippen LogP) is 4.14. The van der Waals surface area contributed by atoms with Crippen LogP contribution in [0.3, 0.4) is 0 Å². The minimum atomic E-state index is -0.887. The molecule has 0 atom stereocenters. The Morgan fingerprint density at radius 1 is 1.00 bits per heavy atom. The zero-order valence-electron chi connectivity index (χ0n) is 16.6. The van der Waals surface area contributed by atoms with Crippen LogP contribution in [-0.4, -0.2) is 29.0 Å². The van der Waals surface area contributed by atoms with Gasteiger partial charge >= 0.3 is 6.03 Å². The molecule has 1 N–H and O–H groups in total. The van der Waals surface area contributed by atoms with Gasteiger partial charge in [0.05, 0.1) is 12.2 Å². The highest BCUT2D eigenvalue weighted by molar-refractivity contribution is 9.10. The van der Waals surface area contributed by atoms with Gasteiger partial charge in [-0.2, -0.15) is 0 Å². The van der Waals surface area contributed by atoms with Crippen molar-refractivity contribution in [1.82, 2.24) is 9.88 Å². The molecule has 162 valence electrons. The van der Waals surface area contributed by atoms with Crippen LogP contribution < -0.4 is 15.0 Å². The number of ether oxygens (including phenoxy) is 1. The molecule has 0 unspecified atom stereocenters. The molecule has 0 saturated carbocycles. The molecule has 1 saturated heterocycles. The highest BCUT2D eigenvalue weighted by Gasteiger charge is 2.36. The summed E-state index contributed by atoms with van der Waals surface area (Å²) in [4.78, 5) is 38.3. The van der Waals surface area contributed by atoms with Crippen molar-refractivity contribution in [3.8, 4) is 5.75 Å². The summed E-state index contributed by atoms with van der Waals surface area (Å²) in [6, 6.07) is 14.9. The quantitative estimate of drug-likeness (QED) is 0.410. The van der Waals surface area contributed by atoms with Crippen LogP contribution in [0.5, 0.6) is 5.75 Å². The molecule has 3 aromatic rings. The van der Waals surface area contributed by atoms with Crippen molar-refractivity contribution in [2.24, 2.45) is 0 Å². The SMILES string of the molecule is O=C1NC(=O)N(c2ccc(F)cc2)C(=O)/C1=C\c1cccn1CCOc1ccc(Br)cc1. The average molecular weight is 498 g/mol. The van der Waals surface area contributed by atoms with Gasteiger partial charge in [-0.15, -0.1) is 0 Å². The number of carbonyl (C=O) groups excluding carboxylic acids is 3. The number of nitrogens with zero attached hydrogens (tertiary/aromatic N) is 2. The van der Waals surface area contributed by atoms with Crippen LogP contribution in [0, 0.1) is 5.82 Å². The van der Waals surface area contributed by atoms with Gasteiger partial charge in [-0.1, -0.05) is 15.9 Å². The zero-order chi connectivity index (χ0) is 22.7. The fraction of sp³-hybridized carbons (Fsp3) is 0.0870. The van der Waals surface area contributed by atoms with Crippen molar-refractivity contribution in [3.63, 3.8) is 0 Å². The number of hydrogen-bond donors (Lipinski definition) is 1. The van der Waals surface area contributed by atoms with Crippen LogP contribution >= 0.6 is 15.9 Å². The van der Waals surface area contributed by atoms with Gasteiger partial charge in [-0.05, 0) is 66.7 Å². The molecule has 1 aliphatic rings. The Kier molecular flexibility index (Phi) is 6.18. The number of carbonyl (C=O) groups is 3. The lowest BCUT2D eigenvalue weighted by Crippen LogP contribution is -2.54. The van der Waals surface area contributed by atoms with Gasteiger partial charge in [0.25, 0.3) is 11.8 Å². The van der Waals surface area contributed by atoms with E-state index in [-0.39, 0.29) is 11.3 Å². The lowest BCUT2D eigenvalue weighted by atomic mass is 10.1. The topological polar surface area (TPSA) is 80.6 Å². The van der Waals surface area contributed by atoms with Gasteiger partial charge in [0, 0.05) is 16.4 Å². The van der Waals surface area contributed by atoms with Crippen molar-refractivity contribution >= 4 is 45.5 Å². The maximum Gasteiger partial charge on any atom is 0.335 e. The maximum atomic E-state index is 13.2. The number of rotatable bonds is 6. The van der Waals surface area contributed by atoms with Crippen LogP contribution in [-0.2, 0) is 16.1 Å². The molecule has 4 rings (SSSR count). The first kappa shape index (κ1) is 21.5. The molecular formula is C23H17BrFN3O4. The van der Waals surface area contributed by atoms with Crippen molar-refractivity contribution in [1.29, 1.82) is 0 Å². The third-order valence-corrected chi connectivity index (χ3v) is 5.29. The summed E-state index contributed by atoms with van der Waals surface area (Å²) >= 11 is 3.37. The molecule has 1 aromatic heterocycles. The monoisotopic (exact) mass is 497 g/mol. The van der Waals surface area contributed by atoms with Gasteiger partial charge in [-0.25, -0.2) is 14.1 Å². The number of benzene rings is 2. The van der Waals surface area contributed by atoms with E-state index < -0.39 is 23.7 Å². The summed E-state index contributed by atoms with van der Waals surface area (Å²) in [5, 5.41) is 2.15. The molecule has 7 nitrogen and oxygen atoms in total. The second-order valence-corrected chi connectivity index (χ2v) is 7.78. The predicted molar refractivity (Wildman–Crippen MR) is 119 cm³/mol. The number of halogens is 2. The Morgan fingerprint density at radius 2 is 1.72 bits per heavy atom. The van der Waals surface area contributed by atoms with Gasteiger partial charge in [0.2, 0.25) is 0 Å². The Balaban J connectivity index is 1.52. The van der Waals surface area contributed by atoms with E-state index in [9.17, 15) is 18.8 Å². The first-order valence-electron chi connectivity index (χ1n) is 9.63. The molecule has 4 amide bonds. The van der Waals surface area contributed by atoms with Gasteiger partial charge in [-0.3, -0.25) is 14.9 Å². The number of urea groups is 1. The number of amides is 4. The molecule has 0 spiro atoms. The van der Waals surface area contributed by atoms with Crippen LogP contribution in [0.2, 0.25) is 0 Å². The Bertz CT molecular complexity index is 1200. The van der Waals surface area contributed by atoms with Crippen molar-refractivity contribution in [2.75, 3.05) is 11.5 Å². The first-order chi connectivity index (χ1) is 15.4. The number of aromatic nitrogens is 1. The summed E-state index contributed by atoms with van der Waals surface area (Å²) in [7, 11) is 0. The molecule has 0 aliphatic carbocycles. The van der Waals surface area contributed by atoms with Gasteiger partial charge in [0.15, 0.2) is 0 Å². The fourth-order valence-electron chi connectivity index (χ4n) is 3.18. The molecule has 9 heteroatoms. The van der Waals surface area contributed by atoms with Gasteiger partial charge < -0.3 is 9.30 Å². The molecule has 1 aliphatic heterocycles. The number of barbiturate groups is 1. The molecule has 1 fully saturated rings. The highest BCUT2D eigenvalue weighted by Crippen LogP contribution is 2.22. The van der Waals surface area contributed by atoms with E-state index in [1.807, 2.05) is 28.8 Å². The second-order valence-electron chi connectivity index (χ2n) is 6.86. The van der Waals surface area contributed by atoms with Crippen molar-refractivity contribution < 1.29 is 23.5 Å². The number of nitrogens with one attached hydrogen (secondary N) is 1. The Morgan fingerprint density at radius 3 is 2.44 bits per heavy atom. The van der Waals surface area contributed by atoms with E-state index in [0.29, 0.717) is 18.8 Å². The smallest absolute Gasteiger partial charge is 0.335 e. The van der Waals surface area contributed by atoms with Crippen molar-refractivity contribution in [3.05, 3.63) is 88.4 Å². The Hall–Kier alpha value is -3.72. The van der Waals surface area contributed by atoms with Crippen LogP contribution in [0.4, 0.5) is 14.9 Å². The summed E-state index contributed by atoms with van der Waals surface area (Å²) in [6.45, 7) is 0.839. The average Bonchev–Trinajstić information content (AvgIpc) is 3.21. The van der Waals surface area contributed by atoms with E-state index in [1.54, 1.807) is 18.3 Å². The third-order valence-electron chi connectivity index (χ3n) is 4.76. The summed E-state index contributed by atoms with van der Waals surface area (Å²) in [5.74, 6) is -1.37. The van der Waals surface area contributed by atoms with E-state index >= 15 is 0 Å². The lowest BCUT2D eigenvalue weighted by molar-refractivity contribution is -0.122. The van der Waals surface area contributed by atoms with Crippen LogP contribution in [0.1, 0.15) is 5.69 Å². The second kappa shape index (κ2) is 9.19. The fourth-order valence-corrected chi connectivity index (χ4v) is 3.45. The molecule has 2 heterocycles. The minimum Gasteiger partial charge on any atom is -0.492 e. The molecular weight excluding hydrogens is 481 g/mol. The minimum absolute atomic E-state index is 0.158.